The molecule has 1 aliphatic carbocycles. The van der Waals surface area contributed by atoms with Crippen molar-refractivity contribution >= 4 is 46.3 Å². The van der Waals surface area contributed by atoms with Crippen LogP contribution in [0.5, 0.6) is 0 Å². The number of likely N-dealkylation sites (N-methyl/N-ethyl adjacent to an activating group) is 2. The number of rotatable bonds is 7. The summed E-state index contributed by atoms with van der Waals surface area (Å²) in [5, 5.41) is 24.1. The summed E-state index contributed by atoms with van der Waals surface area (Å²) < 4.78 is 8.71. The van der Waals surface area contributed by atoms with E-state index in [1.165, 1.54) is 26.7 Å². The fraction of sp³-hybridized carbons (Fsp3) is 0.442. The van der Waals surface area contributed by atoms with Crippen molar-refractivity contribution in [2.45, 2.75) is 72.8 Å². The van der Waals surface area contributed by atoms with Crippen LogP contribution in [0.1, 0.15) is 59.5 Å². The van der Waals surface area contributed by atoms with Crippen molar-refractivity contribution < 1.29 is 4.79 Å². The lowest BCUT2D eigenvalue weighted by atomic mass is 9.90. The third-order valence-corrected chi connectivity index (χ3v) is 12.3. The molecule has 6 aromatic rings. The number of anilines is 5. The number of carbonyl (C=O) groups excluding carboxylic acids is 1. The van der Waals surface area contributed by atoms with Gasteiger partial charge in [-0.1, -0.05) is 32.4 Å². The summed E-state index contributed by atoms with van der Waals surface area (Å²) in [6.07, 6.45) is 4.38. The Morgan fingerprint density at radius 1 is 0.726 bits per heavy atom. The van der Waals surface area contributed by atoms with Crippen molar-refractivity contribution in [1.82, 2.24) is 58.5 Å². The van der Waals surface area contributed by atoms with Crippen molar-refractivity contribution in [2.75, 3.05) is 49.3 Å². The van der Waals surface area contributed by atoms with Crippen molar-refractivity contribution in [2.24, 2.45) is 19.5 Å². The van der Waals surface area contributed by atoms with Gasteiger partial charge >= 0.3 is 0 Å². The molecule has 2 N–H and O–H groups in total. The van der Waals surface area contributed by atoms with E-state index in [2.05, 4.69) is 86.3 Å². The molecule has 19 heteroatoms. The lowest BCUT2D eigenvalue weighted by Crippen LogP contribution is -2.41. The predicted octanol–water partition coefficient (Wildman–Crippen LogP) is 4.20. The zero-order chi connectivity index (χ0) is 43.6. The first-order chi connectivity index (χ1) is 29.6. The number of nitrogens with zero attached hydrogens (tertiary/aromatic N) is 13. The lowest BCUT2D eigenvalue weighted by molar-refractivity contribution is 0.0963. The maximum Gasteiger partial charge on any atom is 0.290 e. The Labute approximate surface area is 363 Å². The minimum atomic E-state index is -0.239. The van der Waals surface area contributed by atoms with Crippen LogP contribution in [-0.4, -0.2) is 98.1 Å². The van der Waals surface area contributed by atoms with Gasteiger partial charge in [0.1, 0.15) is 22.9 Å². The standard InChI is InChI=1S/C31H37N9O2.C12H15ClN6O/c1-6-21-22(23-15-24(29(41)37(5)34-23)33-27-14-20-18-36(4)9-12-40(20)35-27)7-8-32-28(21)39-11-10-38-25(30(39)42)13-19-16-31(2,3)17-26(19)38;1-17-3-4-19-8(7-17)5-11(16-19)14-9-6-10(13)15-18(2)12(9)20/h7-8,13-15H,6,9-12,16-18H2,1-5H3,(H,33,35);5-6H,3-4,7H2,1-2H3,(H,14,16). The van der Waals surface area contributed by atoms with Crippen LogP contribution in [0.25, 0.3) is 11.3 Å². The quantitative estimate of drug-likeness (QED) is 0.235. The molecule has 6 aromatic heterocycles. The van der Waals surface area contributed by atoms with E-state index in [-0.39, 0.29) is 27.6 Å². The van der Waals surface area contributed by atoms with Gasteiger partial charge in [-0.05, 0) is 62.5 Å². The van der Waals surface area contributed by atoms with Crippen LogP contribution in [-0.2, 0) is 66.1 Å². The number of amides is 1. The molecule has 18 nitrogen and oxygen atoms in total. The molecule has 0 radical (unpaired) electrons. The number of nitrogens with one attached hydrogen (secondary N) is 2. The first-order valence-electron chi connectivity index (χ1n) is 21.0. The van der Waals surface area contributed by atoms with Gasteiger partial charge in [0.25, 0.3) is 17.0 Å². The fourth-order valence-corrected chi connectivity index (χ4v) is 9.32. The average molecular weight is 862 g/mol. The summed E-state index contributed by atoms with van der Waals surface area (Å²) in [4.78, 5) is 49.9. The number of aryl methyl sites for hydroxylation is 2. The summed E-state index contributed by atoms with van der Waals surface area (Å²) in [6, 6.07) is 11.2. The van der Waals surface area contributed by atoms with Gasteiger partial charge in [0.05, 0.1) is 30.2 Å². The highest BCUT2D eigenvalue weighted by molar-refractivity contribution is 6.29. The molecule has 0 bridgehead atoms. The second-order valence-electron chi connectivity index (χ2n) is 17.5. The molecule has 62 heavy (non-hydrogen) atoms. The van der Waals surface area contributed by atoms with Gasteiger partial charge in [-0.15, -0.1) is 0 Å². The van der Waals surface area contributed by atoms with Crippen LogP contribution in [0.4, 0.5) is 28.8 Å². The Balaban J connectivity index is 0.000000205. The molecule has 0 fully saturated rings. The number of pyridine rings is 1. The van der Waals surface area contributed by atoms with E-state index >= 15 is 0 Å². The van der Waals surface area contributed by atoms with Crippen LogP contribution in [0.3, 0.4) is 0 Å². The van der Waals surface area contributed by atoms with E-state index in [1.807, 2.05) is 32.5 Å². The van der Waals surface area contributed by atoms with E-state index in [9.17, 15) is 14.4 Å². The first kappa shape index (κ1) is 41.3. The van der Waals surface area contributed by atoms with E-state index < -0.39 is 0 Å². The van der Waals surface area contributed by atoms with E-state index in [1.54, 1.807) is 26.4 Å². The Morgan fingerprint density at radius 3 is 1.97 bits per heavy atom. The zero-order valence-corrected chi connectivity index (χ0v) is 37.0. The number of hydrogen-bond donors (Lipinski definition) is 2. The molecule has 0 unspecified atom stereocenters. The molecule has 0 atom stereocenters. The number of fused-ring (bicyclic) bond motifs is 5. The van der Waals surface area contributed by atoms with Crippen LogP contribution in [0, 0.1) is 5.41 Å². The molecule has 0 saturated carbocycles. The highest BCUT2D eigenvalue weighted by Crippen LogP contribution is 2.40. The van der Waals surface area contributed by atoms with Crippen molar-refractivity contribution in [3.8, 4) is 11.3 Å². The second kappa shape index (κ2) is 16.0. The number of halogens is 1. The smallest absolute Gasteiger partial charge is 0.290 e. The van der Waals surface area contributed by atoms with E-state index in [4.69, 9.17) is 16.6 Å². The Kier molecular flexibility index (Phi) is 10.6. The Bertz CT molecular complexity index is 2850. The molecule has 3 aliphatic heterocycles. The van der Waals surface area contributed by atoms with Gasteiger partial charge in [0, 0.05) is 94.6 Å². The molecule has 324 valence electrons. The summed E-state index contributed by atoms with van der Waals surface area (Å²) in [5.41, 5.74) is 8.53. The van der Waals surface area contributed by atoms with E-state index in [0.717, 1.165) is 86.9 Å². The van der Waals surface area contributed by atoms with Crippen LogP contribution >= 0.6 is 11.6 Å². The molecule has 0 aromatic carbocycles. The zero-order valence-electron chi connectivity index (χ0n) is 36.2. The summed E-state index contributed by atoms with van der Waals surface area (Å²) in [7, 11) is 7.37. The molecule has 0 saturated heterocycles. The Hall–Kier alpha value is -6.11. The normalized spacial score (nSPS) is 16.9. The lowest BCUT2D eigenvalue weighted by Gasteiger charge is -2.31. The maximum atomic E-state index is 13.8. The van der Waals surface area contributed by atoms with Crippen LogP contribution in [0.2, 0.25) is 5.15 Å². The molecule has 10 rings (SSSR count). The van der Waals surface area contributed by atoms with Crippen molar-refractivity contribution in [3.05, 3.63) is 102 Å². The largest absolute Gasteiger partial charge is 0.339 e. The minimum absolute atomic E-state index is 0.0158. The SMILES string of the molecule is CCc1c(-c2cc(Nc3cc4n(n3)CCN(C)C4)c(=O)n(C)n2)ccnc1N1CCn2c(cc3c2CC(C)(C)C3)C1=O.CN1CCn2nc(Nc3cc(Cl)nn(C)c3=O)cc2C1. The highest BCUT2D eigenvalue weighted by atomic mass is 35.5. The molecular weight excluding hydrogens is 810 g/mol. The summed E-state index contributed by atoms with van der Waals surface area (Å²) >= 11 is 5.87. The molecule has 9 heterocycles. The number of aromatic nitrogens is 10. The fourth-order valence-electron chi connectivity index (χ4n) is 9.10. The third-order valence-electron chi connectivity index (χ3n) is 12.1. The van der Waals surface area contributed by atoms with Gasteiger partial charge in [0.2, 0.25) is 0 Å². The monoisotopic (exact) mass is 861 g/mol. The van der Waals surface area contributed by atoms with Crippen LogP contribution in [0.15, 0.2) is 52.2 Å². The molecule has 1 amide bonds. The van der Waals surface area contributed by atoms with Gasteiger partial charge in [-0.2, -0.15) is 20.4 Å². The second-order valence-corrected chi connectivity index (χ2v) is 17.9. The van der Waals surface area contributed by atoms with Crippen LogP contribution < -0.4 is 26.7 Å². The number of carbonyl (C=O) groups is 1. The highest BCUT2D eigenvalue weighted by Gasteiger charge is 2.37. The minimum Gasteiger partial charge on any atom is -0.339 e. The summed E-state index contributed by atoms with van der Waals surface area (Å²) in [5.74, 6) is 1.93. The van der Waals surface area contributed by atoms with Gasteiger partial charge in [-0.25, -0.2) is 14.3 Å². The molecular formula is C43H52ClN15O3. The third kappa shape index (κ3) is 7.81. The maximum absolute atomic E-state index is 13.8. The summed E-state index contributed by atoms with van der Waals surface area (Å²) in [6.45, 7) is 13.2. The molecule has 0 spiro atoms. The van der Waals surface area contributed by atoms with Gasteiger partial charge in [-0.3, -0.25) is 38.4 Å². The molecule has 4 aliphatic rings. The Morgan fingerprint density at radius 2 is 1.34 bits per heavy atom. The predicted molar refractivity (Wildman–Crippen MR) is 238 cm³/mol. The average Bonchev–Trinajstić information content (AvgIpc) is 3.98. The van der Waals surface area contributed by atoms with Crippen molar-refractivity contribution in [1.29, 1.82) is 0 Å². The van der Waals surface area contributed by atoms with Gasteiger partial charge < -0.3 is 15.2 Å². The number of hydrogen-bond acceptors (Lipinski definition) is 12. The van der Waals surface area contributed by atoms with Crippen molar-refractivity contribution in [3.63, 3.8) is 0 Å². The van der Waals surface area contributed by atoms with E-state index in [0.29, 0.717) is 47.5 Å². The first-order valence-corrected chi connectivity index (χ1v) is 21.4. The van der Waals surface area contributed by atoms with Gasteiger partial charge in [0.15, 0.2) is 16.8 Å². The topological polar surface area (TPSA) is 174 Å².